The van der Waals surface area contributed by atoms with Crippen LogP contribution in [0.25, 0.3) is 0 Å². The van der Waals surface area contributed by atoms with Crippen molar-refractivity contribution >= 4 is 37.7 Å². The van der Waals surface area contributed by atoms with Crippen molar-refractivity contribution in [1.82, 2.24) is 15.0 Å². The Labute approximate surface area is 125 Å². The van der Waals surface area contributed by atoms with E-state index in [1.165, 1.54) is 18.6 Å². The van der Waals surface area contributed by atoms with Gasteiger partial charge >= 0.3 is 0 Å². The van der Waals surface area contributed by atoms with Crippen LogP contribution in [0.15, 0.2) is 40.1 Å². The summed E-state index contributed by atoms with van der Waals surface area (Å²) in [6.45, 7) is 2.56. The largest absolute Gasteiger partial charge is 0.355 e. The zero-order valence-electron chi connectivity index (χ0n) is 10.5. The minimum atomic E-state index is -3.74. The predicted molar refractivity (Wildman–Crippen MR) is 78.9 cm³/mol. The number of nitrogens with one attached hydrogen (secondary N) is 2. The molecule has 2 heterocycles. The Morgan fingerprint density at radius 1 is 1.15 bits per heavy atom. The lowest BCUT2D eigenvalue weighted by Gasteiger charge is -2.07. The molecule has 0 bridgehead atoms. The van der Waals surface area contributed by atoms with Crippen LogP contribution in [-0.2, 0) is 10.0 Å². The number of hydrogen-bond donors (Lipinski definition) is 2. The molecule has 0 aliphatic carbocycles. The van der Waals surface area contributed by atoms with Gasteiger partial charge in [0.2, 0.25) is 5.95 Å². The average molecular weight is 358 g/mol. The summed E-state index contributed by atoms with van der Waals surface area (Å²) in [6.07, 6.45) is 3.99. The summed E-state index contributed by atoms with van der Waals surface area (Å²) in [5.74, 6) is 0.608. The molecule has 0 saturated carbocycles. The fraction of sp³-hybridized carbons (Fsp3) is 0.182. The summed E-state index contributed by atoms with van der Waals surface area (Å²) in [4.78, 5) is 11.8. The molecule has 9 heteroatoms. The van der Waals surface area contributed by atoms with Gasteiger partial charge in [-0.25, -0.2) is 23.4 Å². The Hall–Kier alpha value is -1.74. The predicted octanol–water partition coefficient (Wildman–Crippen LogP) is 1.87. The molecule has 2 aromatic rings. The number of pyridine rings is 1. The van der Waals surface area contributed by atoms with Gasteiger partial charge in [-0.05, 0) is 35.0 Å². The summed E-state index contributed by atoms with van der Waals surface area (Å²) >= 11 is 3.23. The zero-order valence-corrected chi connectivity index (χ0v) is 12.9. The van der Waals surface area contributed by atoms with Crippen molar-refractivity contribution < 1.29 is 8.42 Å². The summed E-state index contributed by atoms with van der Waals surface area (Å²) < 4.78 is 27.3. The van der Waals surface area contributed by atoms with Gasteiger partial charge in [0, 0.05) is 17.2 Å². The highest BCUT2D eigenvalue weighted by molar-refractivity contribution is 9.10. The smallest absolute Gasteiger partial charge is 0.266 e. The van der Waals surface area contributed by atoms with Gasteiger partial charge in [-0.1, -0.05) is 0 Å². The van der Waals surface area contributed by atoms with E-state index in [2.05, 4.69) is 40.9 Å². The topological polar surface area (TPSA) is 96.9 Å². The van der Waals surface area contributed by atoms with Crippen LogP contribution in [0.1, 0.15) is 6.92 Å². The summed E-state index contributed by atoms with van der Waals surface area (Å²) in [5, 5.41) is 2.89. The van der Waals surface area contributed by atoms with Crippen molar-refractivity contribution in [3.63, 3.8) is 0 Å². The van der Waals surface area contributed by atoms with E-state index in [0.717, 1.165) is 4.47 Å². The van der Waals surface area contributed by atoms with E-state index >= 15 is 0 Å². The fourth-order valence-corrected chi connectivity index (χ4v) is 2.47. The molecule has 0 aromatic carbocycles. The lowest BCUT2D eigenvalue weighted by atomic mass is 10.5. The second-order valence-corrected chi connectivity index (χ2v) is 6.34. The standard InChI is InChI=1S/C11H12BrN5O2S/c1-2-13-11-15-6-9(7-16-11)20(18,19)17-10-4-3-8(12)5-14-10/h3-7H,2H2,1H3,(H,14,17)(H,13,15,16). The quantitative estimate of drug-likeness (QED) is 0.847. The SMILES string of the molecule is CCNc1ncc(S(=O)(=O)Nc2ccc(Br)cn2)cn1. The van der Waals surface area contributed by atoms with E-state index in [9.17, 15) is 8.42 Å². The van der Waals surface area contributed by atoms with Gasteiger partial charge in [-0.15, -0.1) is 0 Å². The molecular formula is C11H12BrN5O2S. The van der Waals surface area contributed by atoms with Crippen LogP contribution < -0.4 is 10.0 Å². The Bertz CT molecular complexity index is 673. The van der Waals surface area contributed by atoms with Gasteiger partial charge in [-0.2, -0.15) is 0 Å². The molecule has 0 aliphatic rings. The molecule has 0 aliphatic heterocycles. The molecule has 0 amide bonds. The summed E-state index contributed by atoms with van der Waals surface area (Å²) in [5.41, 5.74) is 0. The first-order valence-electron chi connectivity index (χ1n) is 5.71. The van der Waals surface area contributed by atoms with Crippen molar-refractivity contribution in [2.75, 3.05) is 16.6 Å². The van der Waals surface area contributed by atoms with Crippen LogP contribution in [-0.4, -0.2) is 29.9 Å². The van der Waals surface area contributed by atoms with Gasteiger partial charge < -0.3 is 5.32 Å². The van der Waals surface area contributed by atoms with E-state index in [-0.39, 0.29) is 10.7 Å². The number of sulfonamides is 1. The number of aromatic nitrogens is 3. The first-order valence-corrected chi connectivity index (χ1v) is 7.99. The van der Waals surface area contributed by atoms with Gasteiger partial charge in [0.25, 0.3) is 10.0 Å². The maximum absolute atomic E-state index is 12.1. The second kappa shape index (κ2) is 6.14. The van der Waals surface area contributed by atoms with Crippen LogP contribution >= 0.6 is 15.9 Å². The highest BCUT2D eigenvalue weighted by atomic mass is 79.9. The molecule has 2 aromatic heterocycles. The molecule has 0 fully saturated rings. The first kappa shape index (κ1) is 14.7. The Morgan fingerprint density at radius 3 is 2.40 bits per heavy atom. The fourth-order valence-electron chi connectivity index (χ4n) is 1.34. The first-order chi connectivity index (χ1) is 9.51. The van der Waals surface area contributed by atoms with Gasteiger partial charge in [0.05, 0.1) is 12.4 Å². The lowest BCUT2D eigenvalue weighted by molar-refractivity contribution is 0.600. The molecule has 0 spiro atoms. The molecule has 0 atom stereocenters. The van der Waals surface area contributed by atoms with E-state index in [1.54, 1.807) is 12.1 Å². The highest BCUT2D eigenvalue weighted by Gasteiger charge is 2.16. The molecule has 0 unspecified atom stereocenters. The van der Waals surface area contributed by atoms with Crippen molar-refractivity contribution in [1.29, 1.82) is 0 Å². The maximum atomic E-state index is 12.1. The molecule has 20 heavy (non-hydrogen) atoms. The minimum absolute atomic E-state index is 0.0242. The Balaban J connectivity index is 2.19. The monoisotopic (exact) mass is 357 g/mol. The molecule has 2 rings (SSSR count). The third-order valence-corrected chi connectivity index (χ3v) is 4.02. The zero-order chi connectivity index (χ0) is 14.6. The van der Waals surface area contributed by atoms with Crippen molar-refractivity contribution in [3.05, 3.63) is 35.2 Å². The van der Waals surface area contributed by atoms with Crippen molar-refractivity contribution in [2.45, 2.75) is 11.8 Å². The Kier molecular flexibility index (Phi) is 4.50. The number of nitrogens with zero attached hydrogens (tertiary/aromatic N) is 3. The number of anilines is 2. The van der Waals surface area contributed by atoms with Crippen molar-refractivity contribution in [3.8, 4) is 0 Å². The van der Waals surface area contributed by atoms with Gasteiger partial charge in [-0.3, -0.25) is 4.72 Å². The molecule has 2 N–H and O–H groups in total. The third-order valence-electron chi connectivity index (χ3n) is 2.24. The number of hydrogen-bond acceptors (Lipinski definition) is 6. The van der Waals surface area contributed by atoms with Crippen LogP contribution in [0.4, 0.5) is 11.8 Å². The molecule has 0 radical (unpaired) electrons. The van der Waals surface area contributed by atoms with Crippen LogP contribution in [0.2, 0.25) is 0 Å². The third kappa shape index (κ3) is 3.64. The number of halogens is 1. The van der Waals surface area contributed by atoms with E-state index in [0.29, 0.717) is 12.5 Å². The van der Waals surface area contributed by atoms with E-state index < -0.39 is 10.0 Å². The lowest BCUT2D eigenvalue weighted by Crippen LogP contribution is -2.15. The normalized spacial score (nSPS) is 11.1. The summed E-state index contributed by atoms with van der Waals surface area (Å²) in [7, 11) is -3.74. The Morgan fingerprint density at radius 2 is 1.85 bits per heavy atom. The second-order valence-electron chi connectivity index (χ2n) is 3.74. The molecule has 106 valence electrons. The van der Waals surface area contributed by atoms with E-state index in [4.69, 9.17) is 0 Å². The van der Waals surface area contributed by atoms with Gasteiger partial charge in [0.15, 0.2) is 0 Å². The van der Waals surface area contributed by atoms with Crippen molar-refractivity contribution in [2.24, 2.45) is 0 Å². The van der Waals surface area contributed by atoms with Crippen LogP contribution in [0.3, 0.4) is 0 Å². The van der Waals surface area contributed by atoms with Crippen LogP contribution in [0, 0.1) is 0 Å². The molecule has 0 saturated heterocycles. The molecule has 7 nitrogen and oxygen atoms in total. The average Bonchev–Trinajstić information content (AvgIpc) is 2.42. The van der Waals surface area contributed by atoms with Gasteiger partial charge in [0.1, 0.15) is 10.7 Å². The number of rotatable bonds is 5. The minimum Gasteiger partial charge on any atom is -0.355 e. The van der Waals surface area contributed by atoms with E-state index in [1.807, 2.05) is 6.92 Å². The highest BCUT2D eigenvalue weighted by Crippen LogP contribution is 2.15. The maximum Gasteiger partial charge on any atom is 0.266 e. The summed E-state index contributed by atoms with van der Waals surface area (Å²) in [6, 6.07) is 3.24. The molecular weight excluding hydrogens is 346 g/mol. The van der Waals surface area contributed by atoms with Crippen LogP contribution in [0.5, 0.6) is 0 Å².